The van der Waals surface area contributed by atoms with Gasteiger partial charge in [-0.3, -0.25) is 14.4 Å². The molecular formula is C53H48N10O8. The van der Waals surface area contributed by atoms with Gasteiger partial charge < -0.3 is 56.4 Å². The van der Waals surface area contributed by atoms with Gasteiger partial charge in [-0.2, -0.15) is 9.97 Å². The number of hydrogen-bond acceptors (Lipinski definition) is 15. The van der Waals surface area contributed by atoms with Crippen molar-refractivity contribution in [3.63, 3.8) is 0 Å². The van der Waals surface area contributed by atoms with Gasteiger partial charge in [-0.05, 0) is 95.9 Å². The van der Waals surface area contributed by atoms with E-state index in [1.54, 1.807) is 42.5 Å². The Balaban J connectivity index is 0.692. The number of nitrogens with two attached hydrogens (primary N) is 1. The topological polar surface area (TPSA) is 248 Å². The summed E-state index contributed by atoms with van der Waals surface area (Å²) in [6.45, 7) is 0.865. The van der Waals surface area contributed by atoms with Gasteiger partial charge in [0, 0.05) is 68.1 Å². The van der Waals surface area contributed by atoms with E-state index in [1.165, 1.54) is 24.3 Å². The fourth-order valence-corrected chi connectivity index (χ4v) is 8.83. The summed E-state index contributed by atoms with van der Waals surface area (Å²) in [5, 5.41) is 16.1. The first-order chi connectivity index (χ1) is 34.4. The van der Waals surface area contributed by atoms with Crippen LogP contribution in [0.3, 0.4) is 0 Å². The number of benzene rings is 5. The van der Waals surface area contributed by atoms with Crippen LogP contribution in [0.4, 0.5) is 23.0 Å². The monoisotopic (exact) mass is 952 g/mol. The normalized spacial score (nSPS) is 16.3. The lowest BCUT2D eigenvalue weighted by Gasteiger charge is -2.42. The van der Waals surface area contributed by atoms with Gasteiger partial charge in [0.05, 0.1) is 29.3 Å². The van der Waals surface area contributed by atoms with Crippen LogP contribution in [-0.4, -0.2) is 69.2 Å². The highest BCUT2D eigenvalue weighted by Gasteiger charge is 2.57. The van der Waals surface area contributed by atoms with Crippen LogP contribution in [0.5, 0.6) is 17.4 Å². The molecule has 3 aliphatic rings. The summed E-state index contributed by atoms with van der Waals surface area (Å²) >= 11 is 0. The first-order valence-corrected chi connectivity index (χ1v) is 22.9. The van der Waals surface area contributed by atoms with Crippen molar-refractivity contribution in [3.8, 4) is 17.4 Å². The van der Waals surface area contributed by atoms with Gasteiger partial charge in [-0.15, -0.1) is 0 Å². The van der Waals surface area contributed by atoms with Crippen molar-refractivity contribution in [1.29, 1.82) is 0 Å². The van der Waals surface area contributed by atoms with Crippen molar-refractivity contribution in [2.75, 3.05) is 42.1 Å². The Kier molecular flexibility index (Phi) is 12.2. The van der Waals surface area contributed by atoms with Gasteiger partial charge in [0.1, 0.15) is 35.2 Å². The van der Waals surface area contributed by atoms with E-state index in [1.807, 2.05) is 79.7 Å². The van der Waals surface area contributed by atoms with E-state index in [9.17, 15) is 24.3 Å². The van der Waals surface area contributed by atoms with Crippen LogP contribution in [0.25, 0.3) is 11.2 Å². The van der Waals surface area contributed by atoms with Crippen molar-refractivity contribution in [1.82, 2.24) is 30.6 Å². The zero-order chi connectivity index (χ0) is 49.2. The number of H-pyrrole nitrogens is 1. The average Bonchev–Trinajstić information content (AvgIpc) is 3.91. The van der Waals surface area contributed by atoms with Gasteiger partial charge in [0.15, 0.2) is 17.0 Å². The van der Waals surface area contributed by atoms with E-state index >= 15 is 0 Å². The van der Waals surface area contributed by atoms with Crippen LogP contribution < -0.4 is 41.6 Å². The van der Waals surface area contributed by atoms with Crippen LogP contribution in [0.2, 0.25) is 0 Å². The molecule has 71 heavy (non-hydrogen) atoms. The average molecular weight is 953 g/mol. The molecule has 8 N–H and O–H groups in total. The van der Waals surface area contributed by atoms with E-state index < -0.39 is 17.5 Å². The number of aryl methyl sites for hydroxylation is 1. The highest BCUT2D eigenvalue weighted by atomic mass is 16.6. The number of ether oxygens (including phenoxy) is 3. The second kappa shape index (κ2) is 19.1. The number of nitrogen functional groups attached to an aromatic ring is 1. The molecule has 0 saturated heterocycles. The minimum atomic E-state index is -1.33. The van der Waals surface area contributed by atoms with E-state index in [2.05, 4.69) is 41.4 Å². The van der Waals surface area contributed by atoms with Gasteiger partial charge >= 0.3 is 5.97 Å². The third kappa shape index (κ3) is 9.50. The predicted octanol–water partition coefficient (Wildman–Crippen LogP) is 6.39. The summed E-state index contributed by atoms with van der Waals surface area (Å²) in [6.07, 6.45) is 5.60. The number of imidazole rings is 1. The smallest absolute Gasteiger partial charge is 0.339 e. The largest absolute Gasteiger partial charge is 0.508 e. The lowest BCUT2D eigenvalue weighted by atomic mass is 9.71. The summed E-state index contributed by atoms with van der Waals surface area (Å²) < 4.78 is 18.3. The number of nitrogens with one attached hydrogen (secondary N) is 5. The van der Waals surface area contributed by atoms with Crippen LogP contribution in [0.15, 0.2) is 133 Å². The number of nitrogens with zero attached hydrogens (tertiary/aromatic N) is 4. The quantitative estimate of drug-likeness (QED) is 0.0315. The van der Waals surface area contributed by atoms with Gasteiger partial charge in [0.25, 0.3) is 5.91 Å². The Morgan fingerprint density at radius 1 is 0.845 bits per heavy atom. The molecule has 18 nitrogen and oxygen atoms in total. The number of hydrazine groups is 1. The molecule has 7 aromatic rings. The molecule has 4 heterocycles. The molecule has 2 amide bonds. The van der Waals surface area contributed by atoms with Crippen molar-refractivity contribution in [2.24, 2.45) is 5.92 Å². The number of amides is 2. The Morgan fingerprint density at radius 3 is 2.32 bits per heavy atom. The molecule has 0 fully saturated rings. The minimum Gasteiger partial charge on any atom is -0.508 e. The zero-order valence-corrected chi connectivity index (χ0v) is 38.6. The van der Waals surface area contributed by atoms with Crippen molar-refractivity contribution in [3.05, 3.63) is 178 Å². The summed E-state index contributed by atoms with van der Waals surface area (Å²) in [4.78, 5) is 70.3. The van der Waals surface area contributed by atoms with Gasteiger partial charge in [-0.1, -0.05) is 42.5 Å². The molecule has 1 spiro atoms. The summed E-state index contributed by atoms with van der Waals surface area (Å²) in [7, 11) is 3.99. The maximum atomic E-state index is 13.5. The summed E-state index contributed by atoms with van der Waals surface area (Å²) in [5.41, 5.74) is 19.0. The number of allylic oxidation sites excluding steroid dienone is 2. The Bertz CT molecular complexity index is 3280. The number of anilines is 4. The highest BCUT2D eigenvalue weighted by molar-refractivity contribution is 6.02. The first-order valence-electron chi connectivity index (χ1n) is 22.9. The molecule has 2 atom stereocenters. The van der Waals surface area contributed by atoms with Crippen LogP contribution >= 0.6 is 0 Å². The second-order valence-electron chi connectivity index (χ2n) is 17.5. The molecule has 2 aliphatic heterocycles. The van der Waals surface area contributed by atoms with E-state index in [4.69, 9.17) is 19.9 Å². The zero-order valence-electron chi connectivity index (χ0n) is 38.6. The lowest BCUT2D eigenvalue weighted by molar-refractivity contribution is -0.120. The van der Waals surface area contributed by atoms with Gasteiger partial charge in [-0.25, -0.2) is 9.78 Å². The number of fused-ring (bicyclic) bond motifs is 7. The summed E-state index contributed by atoms with van der Waals surface area (Å²) in [6, 6.07) is 32.6. The second-order valence-corrected chi connectivity index (χ2v) is 17.5. The third-order valence-corrected chi connectivity index (χ3v) is 12.4. The first kappa shape index (κ1) is 45.6. The predicted molar refractivity (Wildman–Crippen MR) is 265 cm³/mol. The number of rotatable bonds is 16. The number of hydrogen-bond donors (Lipinski definition) is 7. The molecular weight excluding hydrogens is 905 g/mol. The highest BCUT2D eigenvalue weighted by Crippen LogP contribution is 2.57. The molecule has 10 rings (SSSR count). The number of phenols is 1. The molecule has 18 heteroatoms. The summed E-state index contributed by atoms with van der Waals surface area (Å²) in [5.74, 6) is -0.424. The number of carbonyl (C=O) groups is 4. The van der Waals surface area contributed by atoms with E-state index in [0.29, 0.717) is 70.0 Å². The molecule has 0 saturated carbocycles. The van der Waals surface area contributed by atoms with Crippen molar-refractivity contribution >= 4 is 57.7 Å². The number of esters is 1. The third-order valence-electron chi connectivity index (χ3n) is 12.4. The number of aromatic hydroxyl groups is 1. The number of ketones is 1. The molecule has 358 valence electrons. The maximum Gasteiger partial charge on any atom is 0.339 e. The van der Waals surface area contributed by atoms with Gasteiger partial charge in [0.2, 0.25) is 17.7 Å². The maximum absolute atomic E-state index is 13.5. The molecule has 0 bridgehead atoms. The standard InChI is InChI=1S/C53H48N10O8/c1-63(2)36-16-14-35(15-17-36)62-61-34-12-10-33(11-13-34)49(67)55-23-3-4-45-57-47-48(58-45)59-52(54)60-50(47)69-29-31-7-5-30(6-8-31)28-56-46(66)25-32-9-20-40-39(24-32)51(68)71-53(40)41-21-18-37(64)26-43(41)70-44-27-38(65)19-22-42(44)53/h5-22,24,26-27,41,61-62,65H,3-4,23,25,28-29H2,1-2H3,(H,55,67)(H,56,66)(H3,54,57,58,59,60). The van der Waals surface area contributed by atoms with Crippen LogP contribution in [0, 0.1) is 5.92 Å². The fraction of sp³-hybridized carbons (Fsp3) is 0.189. The fourth-order valence-electron chi connectivity index (χ4n) is 8.83. The molecule has 5 aromatic carbocycles. The molecule has 2 aromatic heterocycles. The number of aromatic nitrogens is 4. The van der Waals surface area contributed by atoms with E-state index in [-0.39, 0.29) is 60.5 Å². The van der Waals surface area contributed by atoms with Crippen LogP contribution in [-0.2, 0) is 45.9 Å². The Hall–Kier alpha value is -9.19. The molecule has 1 aliphatic carbocycles. The number of aromatic amines is 1. The van der Waals surface area contributed by atoms with E-state index in [0.717, 1.165) is 28.2 Å². The minimum absolute atomic E-state index is 0.0132. The Labute approximate surface area is 406 Å². The Morgan fingerprint density at radius 2 is 1.56 bits per heavy atom. The SMILES string of the molecule is CN(C)c1ccc(NNc2ccc(C(=O)NCCCc3nc4nc(N)nc(OCc5ccc(CNC(=O)Cc6ccc7c(c6)C(=O)OC76c7ccc(O)cc7OC7=CC(=O)C=CC76)cc5)c4[nH]3)cc2)cc1. The number of carbonyl (C=O) groups excluding carboxylic acids is 4. The van der Waals surface area contributed by atoms with Crippen molar-refractivity contribution in [2.45, 2.75) is 38.0 Å². The lowest BCUT2D eigenvalue weighted by Crippen LogP contribution is -2.42. The van der Waals surface area contributed by atoms with Crippen LogP contribution in [0.1, 0.15) is 60.8 Å². The van der Waals surface area contributed by atoms with Crippen molar-refractivity contribution < 1.29 is 38.5 Å². The molecule has 2 unspecified atom stereocenters. The number of phenolic OH excluding ortho intramolecular Hbond substituents is 1. The molecule has 0 radical (unpaired) electrons.